The van der Waals surface area contributed by atoms with Gasteiger partial charge in [0.2, 0.25) is 113 Å². The number of aromatic amines is 1. The van der Waals surface area contributed by atoms with Crippen molar-refractivity contribution < 1.29 is 39.8 Å². The van der Waals surface area contributed by atoms with Crippen molar-refractivity contribution in [3.63, 3.8) is 0 Å². The van der Waals surface area contributed by atoms with Crippen LogP contribution in [0.3, 0.4) is 0 Å². The molecule has 0 aliphatic rings. The number of hydrogen-bond donors (Lipinski definition) is 27. The molecule has 0 saturated carbocycles. The first kappa shape index (κ1) is 122. The highest BCUT2D eigenvalue weighted by Crippen LogP contribution is 2.23. The fourth-order valence-corrected chi connectivity index (χ4v) is 8.98. The summed E-state index contributed by atoms with van der Waals surface area (Å²) in [6, 6.07) is 35.7. The van der Waals surface area contributed by atoms with E-state index in [1.54, 1.807) is 204 Å². The Morgan fingerprint density at radius 3 is 0.979 bits per heavy atom. The SMILES string of the molecule is CN=C(N)N=C(N)N(C)c1ccc(C)o1.CN=C(N)NC(N)=Nc1ccc(C)o1.CN=C(N=C(N)N)N(C)c1ccc(C)o1.CN=C(N=C(N)N)Nc1ccc(C)o1.Cc1ccc(N(C)C(=N)N(C)C(=N)N)o1.Cc1ccc(N(C)C(=N)N=C(N)N)o1.Cc1ccc(N=C(N)N(C)C(=N)N)o1.Cc1ccc(N=C(N)N=C(N)N(C)C)[nH]1.Cc1ccc(N=C(N)N=C(N)N(C)C)o1.Cc1ccc(N=C(N)N=C(N)N)o1. The fraction of sp³-hybridized carbons (Fsp3) is 0.286. The van der Waals surface area contributed by atoms with Crippen molar-refractivity contribution >= 4 is 178 Å². The summed E-state index contributed by atoms with van der Waals surface area (Å²) in [5.41, 5.74) is 108. The molecule has 0 radical (unpaired) electrons. The summed E-state index contributed by atoms with van der Waals surface area (Å²) in [5.74, 6) is 13.7. The molecular formula is C84H139N51O9. The molecule has 10 rings (SSSR count). The molecule has 0 amide bonds. The van der Waals surface area contributed by atoms with Crippen LogP contribution in [0.1, 0.15) is 57.5 Å². The summed E-state index contributed by atoms with van der Waals surface area (Å²) >= 11 is 0. The molecule has 0 aromatic carbocycles. The highest BCUT2D eigenvalue weighted by atomic mass is 16.4. The molecule has 60 heteroatoms. The molecule has 144 heavy (non-hydrogen) atoms. The average molecular weight is 2010 g/mol. The second kappa shape index (κ2) is 62.0. The van der Waals surface area contributed by atoms with Gasteiger partial charge in [0.15, 0.2) is 59.5 Å². The number of aliphatic imine (C=N–C) groups is 16. The maximum absolute atomic E-state index is 7.75. The number of nitrogens with two attached hydrogens (primary N) is 20. The smallest absolute Gasteiger partial charge is 0.230 e. The lowest BCUT2D eigenvalue weighted by atomic mass is 10.5. The number of nitrogens with zero attached hydrogens (tertiary/aromatic N) is 24. The van der Waals surface area contributed by atoms with Crippen LogP contribution in [0.2, 0.25) is 0 Å². The first-order valence-corrected chi connectivity index (χ1v) is 41.7. The third-order valence-corrected chi connectivity index (χ3v) is 16.4. The fourth-order valence-electron chi connectivity index (χ4n) is 8.98. The van der Waals surface area contributed by atoms with Crippen LogP contribution in [-0.2, 0) is 0 Å². The second-order valence-electron chi connectivity index (χ2n) is 29.0. The van der Waals surface area contributed by atoms with Crippen LogP contribution >= 0.6 is 0 Å². The number of H-pyrrole nitrogens is 1. The predicted molar refractivity (Wildman–Crippen MR) is 575 cm³/mol. The zero-order valence-electron chi connectivity index (χ0n) is 85.0. The maximum atomic E-state index is 7.75. The number of hydrogen-bond acceptors (Lipinski definition) is 22. The van der Waals surface area contributed by atoms with Gasteiger partial charge in [-0.05, 0) is 136 Å². The Hall–Kier alpha value is -19.8. The molecule has 10 heterocycles. The maximum Gasteiger partial charge on any atom is 0.230 e. The van der Waals surface area contributed by atoms with Crippen molar-refractivity contribution in [3.8, 4) is 0 Å². The molecule has 0 bridgehead atoms. The molecule has 47 N–H and O–H groups in total. The van der Waals surface area contributed by atoms with Crippen LogP contribution < -0.4 is 145 Å². The van der Waals surface area contributed by atoms with E-state index in [9.17, 15) is 0 Å². The van der Waals surface area contributed by atoms with Crippen LogP contribution in [0.4, 0.5) is 58.8 Å². The molecule has 60 nitrogen and oxygen atoms in total. The molecule has 10 aromatic rings. The molecule has 0 saturated heterocycles. The van der Waals surface area contributed by atoms with Crippen molar-refractivity contribution in [1.82, 2.24) is 29.9 Å². The van der Waals surface area contributed by atoms with E-state index in [0.717, 1.165) is 57.5 Å². The lowest BCUT2D eigenvalue weighted by Gasteiger charge is -2.24. The number of anilines is 5. The number of aryl methyl sites for hydroxylation is 10. The van der Waals surface area contributed by atoms with Gasteiger partial charge in [-0.1, -0.05) is 0 Å². The molecule has 10 aromatic heterocycles. The molecule has 0 atom stereocenters. The van der Waals surface area contributed by atoms with Gasteiger partial charge >= 0.3 is 0 Å². The van der Waals surface area contributed by atoms with E-state index in [-0.39, 0.29) is 95.4 Å². The molecule has 784 valence electrons. The number of rotatable bonds is 10. The lowest BCUT2D eigenvalue weighted by molar-refractivity contribution is 0.534. The Balaban J connectivity index is 0.000000800. The van der Waals surface area contributed by atoms with E-state index in [1.165, 1.54) is 19.6 Å². The highest BCUT2D eigenvalue weighted by Gasteiger charge is 2.18. The minimum absolute atomic E-state index is 0.0330. The minimum Gasteiger partial charge on any atom is -0.446 e. The van der Waals surface area contributed by atoms with Crippen molar-refractivity contribution in [2.45, 2.75) is 69.2 Å². The van der Waals surface area contributed by atoms with Crippen LogP contribution in [0.5, 0.6) is 0 Å². The number of guanidine groups is 20. The average Bonchev–Trinajstić information content (AvgIpc) is 1.72. The van der Waals surface area contributed by atoms with E-state index in [4.69, 9.17) is 176 Å². The summed E-state index contributed by atoms with van der Waals surface area (Å²) < 4.78 is 47.3. The highest BCUT2D eigenvalue weighted by molar-refractivity contribution is 6.05. The summed E-state index contributed by atoms with van der Waals surface area (Å²) in [6.07, 6.45) is 0. The van der Waals surface area contributed by atoms with Crippen LogP contribution in [0.25, 0.3) is 0 Å². The largest absolute Gasteiger partial charge is 0.446 e. The molecule has 0 unspecified atom stereocenters. The van der Waals surface area contributed by atoms with E-state index >= 15 is 0 Å². The van der Waals surface area contributed by atoms with Gasteiger partial charge in [-0.2, -0.15) is 59.9 Å². The van der Waals surface area contributed by atoms with E-state index in [2.05, 4.69) is 95.5 Å². The topological polar surface area (TPSA) is 998 Å². The first-order chi connectivity index (χ1) is 67.3. The van der Waals surface area contributed by atoms with Gasteiger partial charge in [0.05, 0.1) is 0 Å². The van der Waals surface area contributed by atoms with Gasteiger partial charge in [0, 0.05) is 159 Å². The molecular weight excluding hydrogens is 1870 g/mol. The standard InChI is InChI=1S/C9H16N6.4C9H15N5O.4C8H13N5O.C7H11N5O/c1-6-4-5-7(12-6)13-8(10)14-9(11)15(2)3;1-6-4-5-7(15-6)12-8(10)13-9(11)14(2)3;1-6-4-5-7(15-6)14(3)9(11)13-8(10)12-2;1-6-4-5-7(15-6)13(2)9(12)14(3)8(10)11;1-6-4-5-7(15-6)14(3)9(12-2)13-8(10)11;1-5-3-4-6(14-5)12-8(10)13-7(9)11-2;1-5-3-4-6(14-5)13(2)8(11)12-7(9)10;1-5-3-4-6(14-5)12-8(11)13(2)7(9)10;1-5-3-4-6(14-5)12-8(11-2)13-7(9)10;1-4-2-3-5(13-4)11-7(10)12-6(8)9/h4-5,12H,1-3H3,(H4,10,11,13,14);2*4-5H,1-3H3,(H4,10,11,12,13);4-5,12H,1-3H3,(H3,10,11);4-5H,1-3H3,(H4,10,11,12,13);3-4H,1-2H3,(H5,9,10,11,12,13);3-4H,1-2H3,(H5,9,10,11,12);3-4H,1-2H3,(H3,9,10)(H2,11,12);3-4H,1-2H3,(H5,9,10,11,12,13);2-3H,1H3,(H6,8,9,10,11,12). The third kappa shape index (κ3) is 49.6. The van der Waals surface area contributed by atoms with E-state index in [0.29, 0.717) is 82.6 Å². The number of aromatic nitrogens is 1. The van der Waals surface area contributed by atoms with Gasteiger partial charge in [0.25, 0.3) is 0 Å². The van der Waals surface area contributed by atoms with Crippen molar-refractivity contribution in [1.29, 1.82) is 21.6 Å². The Morgan fingerprint density at radius 1 is 0.292 bits per heavy atom. The zero-order valence-corrected chi connectivity index (χ0v) is 85.0. The molecule has 0 spiro atoms. The normalized spacial score (nSPS) is 11.7. The zero-order chi connectivity index (χ0) is 110. The van der Waals surface area contributed by atoms with Gasteiger partial charge in [-0.25, -0.2) is 0 Å². The Labute approximate surface area is 831 Å². The predicted octanol–water partition coefficient (Wildman–Crippen LogP) is 2.63. The van der Waals surface area contributed by atoms with Gasteiger partial charge in [-0.3, -0.25) is 81.6 Å². The second-order valence-corrected chi connectivity index (χ2v) is 29.0. The quantitative estimate of drug-likeness (QED) is 0.0691. The number of furan rings is 9. The Kier molecular flexibility index (Phi) is 52.7. The van der Waals surface area contributed by atoms with Crippen molar-refractivity contribution in [3.05, 3.63) is 179 Å². The van der Waals surface area contributed by atoms with Crippen molar-refractivity contribution in [2.24, 2.45) is 195 Å². The Bertz CT molecular complexity index is 6130. The summed E-state index contributed by atoms with van der Waals surface area (Å²) in [5, 5.41) is 34.9. The van der Waals surface area contributed by atoms with Crippen LogP contribution in [0, 0.1) is 90.9 Å². The summed E-state index contributed by atoms with van der Waals surface area (Å²) in [7, 11) is 23.3. The number of nitrogens with one attached hydrogen (secondary N) is 7. The lowest BCUT2D eigenvalue weighted by Crippen LogP contribution is -2.45. The van der Waals surface area contributed by atoms with Crippen LogP contribution in [-0.4, -0.2) is 242 Å². The molecule has 0 aliphatic carbocycles. The van der Waals surface area contributed by atoms with Gasteiger partial charge < -0.3 is 169 Å². The molecule has 0 aliphatic heterocycles. The monoisotopic (exact) mass is 2010 g/mol. The van der Waals surface area contributed by atoms with E-state index < -0.39 is 0 Å². The summed E-state index contributed by atoms with van der Waals surface area (Å²) in [6.45, 7) is 18.4. The molecule has 0 fully saturated rings. The third-order valence-electron chi connectivity index (χ3n) is 16.4. The van der Waals surface area contributed by atoms with Crippen LogP contribution in [0.15, 0.2) is 241 Å². The first-order valence-electron chi connectivity index (χ1n) is 41.7. The summed E-state index contributed by atoms with van der Waals surface area (Å²) in [4.78, 5) is 76.1. The van der Waals surface area contributed by atoms with Gasteiger partial charge in [-0.15, -0.1) is 0 Å². The van der Waals surface area contributed by atoms with E-state index in [1.807, 2.05) is 105 Å². The van der Waals surface area contributed by atoms with Gasteiger partial charge in [0.1, 0.15) is 57.7 Å². The van der Waals surface area contributed by atoms with Crippen molar-refractivity contribution in [2.75, 3.05) is 124 Å². The Morgan fingerprint density at radius 2 is 0.646 bits per heavy atom. The minimum atomic E-state index is -0.185.